The summed E-state index contributed by atoms with van der Waals surface area (Å²) in [5.41, 5.74) is 10.3. The van der Waals surface area contributed by atoms with Gasteiger partial charge in [-0.2, -0.15) is 0 Å². The van der Waals surface area contributed by atoms with E-state index in [1.54, 1.807) is 12.4 Å². The topological polar surface area (TPSA) is 38.7 Å². The summed E-state index contributed by atoms with van der Waals surface area (Å²) in [6.07, 6.45) is 3.61. The first-order chi connectivity index (χ1) is 22.8. The van der Waals surface area contributed by atoms with E-state index in [-0.39, 0.29) is 0 Å². The molecular formula is C43H27N3. The number of hydrogen-bond acceptors (Lipinski definition) is 3. The summed E-state index contributed by atoms with van der Waals surface area (Å²) >= 11 is 0. The Bertz CT molecular complexity index is 2450. The molecule has 214 valence electrons. The van der Waals surface area contributed by atoms with Crippen LogP contribution in [-0.4, -0.2) is 15.0 Å². The van der Waals surface area contributed by atoms with E-state index in [9.17, 15) is 0 Å². The Labute approximate surface area is 266 Å². The predicted octanol–water partition coefficient (Wildman–Crippen LogP) is 11.1. The zero-order valence-corrected chi connectivity index (χ0v) is 24.9. The molecule has 0 aliphatic carbocycles. The largest absolute Gasteiger partial charge is 0.255 e. The molecule has 0 N–H and O–H groups in total. The highest BCUT2D eigenvalue weighted by Crippen LogP contribution is 2.42. The van der Waals surface area contributed by atoms with Gasteiger partial charge in [0.25, 0.3) is 0 Å². The molecule has 0 saturated carbocycles. The van der Waals surface area contributed by atoms with Crippen molar-refractivity contribution in [1.29, 1.82) is 0 Å². The molecule has 0 aliphatic rings. The van der Waals surface area contributed by atoms with Crippen molar-refractivity contribution in [3.05, 3.63) is 164 Å². The molecule has 0 amide bonds. The van der Waals surface area contributed by atoms with Gasteiger partial charge < -0.3 is 0 Å². The second kappa shape index (κ2) is 10.8. The smallest absolute Gasteiger partial charge is 0.0900 e. The molecule has 0 atom stereocenters. The molecule has 46 heavy (non-hydrogen) atoms. The lowest BCUT2D eigenvalue weighted by atomic mass is 9.87. The van der Waals surface area contributed by atoms with Gasteiger partial charge in [0.05, 0.1) is 22.8 Å². The van der Waals surface area contributed by atoms with Crippen molar-refractivity contribution >= 4 is 32.3 Å². The van der Waals surface area contributed by atoms with Crippen LogP contribution in [0.1, 0.15) is 0 Å². The lowest BCUT2D eigenvalue weighted by Gasteiger charge is -2.17. The summed E-state index contributed by atoms with van der Waals surface area (Å²) in [5.74, 6) is 0. The third kappa shape index (κ3) is 4.41. The normalized spacial score (nSPS) is 11.5. The molecule has 3 heterocycles. The molecule has 3 heteroatoms. The first-order valence-electron chi connectivity index (χ1n) is 15.5. The van der Waals surface area contributed by atoms with Crippen LogP contribution in [0.25, 0.3) is 88.5 Å². The highest BCUT2D eigenvalue weighted by Gasteiger charge is 2.16. The number of nitrogens with zero attached hydrogens (tertiary/aromatic N) is 3. The average molecular weight is 586 g/mol. The van der Waals surface area contributed by atoms with Crippen molar-refractivity contribution in [2.45, 2.75) is 0 Å². The summed E-state index contributed by atoms with van der Waals surface area (Å²) in [6.45, 7) is 0. The van der Waals surface area contributed by atoms with E-state index in [1.807, 2.05) is 36.4 Å². The molecule has 0 radical (unpaired) electrons. The Hall–Kier alpha value is -6.19. The van der Waals surface area contributed by atoms with E-state index in [1.165, 1.54) is 49.0 Å². The van der Waals surface area contributed by atoms with Crippen molar-refractivity contribution in [2.24, 2.45) is 0 Å². The number of benzene rings is 6. The van der Waals surface area contributed by atoms with E-state index in [4.69, 9.17) is 4.98 Å². The Balaban J connectivity index is 1.21. The summed E-state index contributed by atoms with van der Waals surface area (Å²) in [7, 11) is 0. The van der Waals surface area contributed by atoms with Crippen molar-refractivity contribution in [3.8, 4) is 56.2 Å². The molecule has 0 bridgehead atoms. The molecule has 3 aromatic heterocycles. The van der Waals surface area contributed by atoms with E-state index in [2.05, 4.69) is 125 Å². The third-order valence-electron chi connectivity index (χ3n) is 8.93. The minimum Gasteiger partial charge on any atom is -0.255 e. The highest BCUT2D eigenvalue weighted by molar-refractivity contribution is 6.25. The summed E-state index contributed by atoms with van der Waals surface area (Å²) in [4.78, 5) is 14.2. The highest BCUT2D eigenvalue weighted by atomic mass is 14.8. The maximum Gasteiger partial charge on any atom is 0.0900 e. The lowest BCUT2D eigenvalue weighted by molar-refractivity contribution is 1.22. The first kappa shape index (κ1) is 26.2. The fourth-order valence-electron chi connectivity index (χ4n) is 6.79. The van der Waals surface area contributed by atoms with E-state index in [0.29, 0.717) is 0 Å². The van der Waals surface area contributed by atoms with Crippen LogP contribution in [0, 0.1) is 0 Å². The number of rotatable bonds is 5. The molecule has 0 unspecified atom stereocenters. The summed E-state index contributed by atoms with van der Waals surface area (Å²) in [6, 6.07) is 53.8. The van der Waals surface area contributed by atoms with Crippen LogP contribution in [-0.2, 0) is 0 Å². The molecular weight excluding hydrogens is 558 g/mol. The van der Waals surface area contributed by atoms with Gasteiger partial charge in [0.15, 0.2) is 0 Å². The van der Waals surface area contributed by atoms with Crippen LogP contribution in [0.4, 0.5) is 0 Å². The maximum atomic E-state index is 4.97. The number of hydrogen-bond donors (Lipinski definition) is 0. The van der Waals surface area contributed by atoms with Crippen LogP contribution in [0.15, 0.2) is 164 Å². The molecule has 0 fully saturated rings. The Morgan fingerprint density at radius 3 is 1.61 bits per heavy atom. The fourth-order valence-corrected chi connectivity index (χ4v) is 6.79. The van der Waals surface area contributed by atoms with Crippen molar-refractivity contribution < 1.29 is 0 Å². The Morgan fingerprint density at radius 2 is 0.913 bits per heavy atom. The van der Waals surface area contributed by atoms with Crippen molar-refractivity contribution in [1.82, 2.24) is 15.0 Å². The minimum atomic E-state index is 0.818. The summed E-state index contributed by atoms with van der Waals surface area (Å²) < 4.78 is 0. The monoisotopic (exact) mass is 585 g/mol. The van der Waals surface area contributed by atoms with Gasteiger partial charge in [-0.25, -0.2) is 4.98 Å². The molecule has 6 aromatic carbocycles. The van der Waals surface area contributed by atoms with Crippen molar-refractivity contribution in [2.75, 3.05) is 0 Å². The predicted molar refractivity (Wildman–Crippen MR) is 191 cm³/mol. The van der Waals surface area contributed by atoms with Gasteiger partial charge in [-0.3, -0.25) is 9.97 Å². The van der Waals surface area contributed by atoms with Gasteiger partial charge in [-0.15, -0.1) is 0 Å². The van der Waals surface area contributed by atoms with Gasteiger partial charge in [0, 0.05) is 12.4 Å². The maximum absolute atomic E-state index is 4.97. The first-order valence-corrected chi connectivity index (χ1v) is 15.5. The van der Waals surface area contributed by atoms with Crippen LogP contribution in [0.5, 0.6) is 0 Å². The van der Waals surface area contributed by atoms with Gasteiger partial charge in [-0.05, 0) is 108 Å². The quantitative estimate of drug-likeness (QED) is 0.189. The van der Waals surface area contributed by atoms with E-state index < -0.39 is 0 Å². The number of aromatic nitrogens is 3. The van der Waals surface area contributed by atoms with Crippen LogP contribution in [0.3, 0.4) is 0 Å². The van der Waals surface area contributed by atoms with Crippen LogP contribution in [0.2, 0.25) is 0 Å². The summed E-state index contributed by atoms with van der Waals surface area (Å²) in [5, 5.41) is 7.77. The Morgan fingerprint density at radius 1 is 0.326 bits per heavy atom. The SMILES string of the molecule is c1ccc(-c2cc(-c3cccc(-c4ccccc4-c4ccc5ccc6cccc7ccc4c5c67)c3)cc(-c3ccccn3)n2)nc1. The molecule has 0 spiro atoms. The average Bonchev–Trinajstić information content (AvgIpc) is 3.14. The second-order valence-electron chi connectivity index (χ2n) is 11.7. The third-order valence-corrected chi connectivity index (χ3v) is 8.93. The fraction of sp³-hybridized carbons (Fsp3) is 0. The van der Waals surface area contributed by atoms with Crippen LogP contribution >= 0.6 is 0 Å². The van der Waals surface area contributed by atoms with Crippen molar-refractivity contribution in [3.63, 3.8) is 0 Å². The van der Waals surface area contributed by atoms with Gasteiger partial charge in [0.2, 0.25) is 0 Å². The standard InChI is InChI=1S/C43H27N3/c1-2-14-35(36-21-19-30-18-17-28-9-7-10-29-20-22-37(36)43(30)42(28)29)34(13-1)32-12-8-11-31(25-32)33-26-40(38-15-3-5-23-44-38)46-41(27-33)39-16-4-6-24-45-39/h1-27H. The zero-order valence-electron chi connectivity index (χ0n) is 24.9. The van der Waals surface area contributed by atoms with Crippen LogP contribution < -0.4 is 0 Å². The van der Waals surface area contributed by atoms with Gasteiger partial charge in [0.1, 0.15) is 0 Å². The Kier molecular flexibility index (Phi) is 6.14. The van der Waals surface area contributed by atoms with E-state index in [0.717, 1.165) is 39.5 Å². The van der Waals surface area contributed by atoms with Gasteiger partial charge in [-0.1, -0.05) is 109 Å². The zero-order chi connectivity index (χ0) is 30.5. The molecule has 0 saturated heterocycles. The molecule has 3 nitrogen and oxygen atoms in total. The lowest BCUT2D eigenvalue weighted by Crippen LogP contribution is -1.94. The van der Waals surface area contributed by atoms with E-state index >= 15 is 0 Å². The molecule has 0 aliphatic heterocycles. The minimum absolute atomic E-state index is 0.818. The molecule has 9 aromatic rings. The molecule has 9 rings (SSSR count). The second-order valence-corrected chi connectivity index (χ2v) is 11.7. The van der Waals surface area contributed by atoms with Gasteiger partial charge >= 0.3 is 0 Å². The number of pyridine rings is 3.